The molecule has 0 amide bonds. The summed E-state index contributed by atoms with van der Waals surface area (Å²) in [7, 11) is 1.60. The van der Waals surface area contributed by atoms with Gasteiger partial charge in [-0.2, -0.15) is 0 Å². The predicted octanol–water partition coefficient (Wildman–Crippen LogP) is 2.29. The highest BCUT2D eigenvalue weighted by atomic mass is 19.2. The molecule has 1 atom stereocenters. The minimum absolute atomic E-state index is 0.334. The molecule has 16 heavy (non-hydrogen) atoms. The monoisotopic (exact) mass is 230 g/mol. The van der Waals surface area contributed by atoms with E-state index >= 15 is 0 Å². The topological polar surface area (TPSA) is 29.5 Å². The van der Waals surface area contributed by atoms with Crippen LogP contribution >= 0.6 is 0 Å². The van der Waals surface area contributed by atoms with Crippen molar-refractivity contribution < 1.29 is 18.6 Å². The van der Waals surface area contributed by atoms with Crippen molar-refractivity contribution in [3.63, 3.8) is 0 Å². The number of aliphatic hydroxyl groups is 1. The smallest absolute Gasteiger partial charge is 0.159 e. The third-order valence-corrected chi connectivity index (χ3v) is 2.34. The van der Waals surface area contributed by atoms with Gasteiger partial charge >= 0.3 is 0 Å². The number of ether oxygens (including phenoxy) is 1. The molecule has 1 rings (SSSR count). The number of aliphatic hydroxyl groups excluding tert-OH is 1. The molecule has 1 aromatic carbocycles. The second-order valence-electron chi connectivity index (χ2n) is 3.74. The van der Waals surface area contributed by atoms with E-state index in [9.17, 15) is 13.9 Å². The van der Waals surface area contributed by atoms with E-state index in [1.807, 2.05) is 0 Å². The molecular weight excluding hydrogens is 214 g/mol. The molecule has 0 heterocycles. The molecule has 0 aliphatic rings. The van der Waals surface area contributed by atoms with Crippen molar-refractivity contribution in [3.8, 4) is 0 Å². The molecular formula is C12H16F2O2. The third-order valence-electron chi connectivity index (χ3n) is 2.34. The molecule has 4 heteroatoms. The molecule has 1 unspecified atom stereocenters. The minimum Gasteiger partial charge on any atom is -0.393 e. The van der Waals surface area contributed by atoms with Crippen LogP contribution in [0.1, 0.15) is 18.4 Å². The van der Waals surface area contributed by atoms with Crippen LogP contribution in [0.3, 0.4) is 0 Å². The maximum atomic E-state index is 12.9. The standard InChI is InChI=1S/C12H16F2O2/c1-16-6-2-3-10(15)7-9-4-5-11(13)12(14)8-9/h4-5,8,10,15H,2-3,6-7H2,1H3. The molecule has 0 saturated heterocycles. The van der Waals surface area contributed by atoms with Crippen LogP contribution in [-0.2, 0) is 11.2 Å². The zero-order valence-corrected chi connectivity index (χ0v) is 9.25. The van der Waals surface area contributed by atoms with Gasteiger partial charge in [0.2, 0.25) is 0 Å². The highest BCUT2D eigenvalue weighted by Gasteiger charge is 2.08. The van der Waals surface area contributed by atoms with Gasteiger partial charge in [-0.25, -0.2) is 8.78 Å². The molecule has 0 aliphatic heterocycles. The van der Waals surface area contributed by atoms with Crippen LogP contribution < -0.4 is 0 Å². The molecule has 0 radical (unpaired) electrons. The van der Waals surface area contributed by atoms with Gasteiger partial charge in [-0.15, -0.1) is 0 Å². The van der Waals surface area contributed by atoms with E-state index in [2.05, 4.69) is 0 Å². The molecule has 0 aromatic heterocycles. The number of hydrogen-bond donors (Lipinski definition) is 1. The Morgan fingerprint density at radius 3 is 2.69 bits per heavy atom. The second kappa shape index (κ2) is 6.55. The van der Waals surface area contributed by atoms with Crippen molar-refractivity contribution in [3.05, 3.63) is 35.4 Å². The Morgan fingerprint density at radius 1 is 1.31 bits per heavy atom. The molecule has 0 saturated carbocycles. The SMILES string of the molecule is COCCCC(O)Cc1ccc(F)c(F)c1. The quantitative estimate of drug-likeness (QED) is 0.760. The van der Waals surface area contributed by atoms with E-state index in [4.69, 9.17) is 4.74 Å². The van der Waals surface area contributed by atoms with Crippen LogP contribution in [0.15, 0.2) is 18.2 Å². The lowest BCUT2D eigenvalue weighted by atomic mass is 10.0. The lowest BCUT2D eigenvalue weighted by Crippen LogP contribution is -2.11. The number of rotatable bonds is 6. The van der Waals surface area contributed by atoms with E-state index in [-0.39, 0.29) is 0 Å². The fourth-order valence-corrected chi connectivity index (χ4v) is 1.50. The fraction of sp³-hybridized carbons (Fsp3) is 0.500. The molecule has 2 nitrogen and oxygen atoms in total. The van der Waals surface area contributed by atoms with Gasteiger partial charge in [0.15, 0.2) is 11.6 Å². The molecule has 0 spiro atoms. The summed E-state index contributed by atoms with van der Waals surface area (Å²) in [6.45, 7) is 0.592. The van der Waals surface area contributed by atoms with Gasteiger partial charge in [0.25, 0.3) is 0 Å². The van der Waals surface area contributed by atoms with Crippen LogP contribution in [0, 0.1) is 11.6 Å². The summed E-state index contributed by atoms with van der Waals surface area (Å²) in [4.78, 5) is 0. The first kappa shape index (κ1) is 13.1. The first-order valence-electron chi connectivity index (χ1n) is 5.24. The van der Waals surface area contributed by atoms with Gasteiger partial charge in [0.1, 0.15) is 0 Å². The Labute approximate surface area is 93.9 Å². The summed E-state index contributed by atoms with van der Waals surface area (Å²) in [6.07, 6.45) is 1.13. The van der Waals surface area contributed by atoms with E-state index < -0.39 is 17.7 Å². The van der Waals surface area contributed by atoms with E-state index in [1.54, 1.807) is 7.11 Å². The van der Waals surface area contributed by atoms with Crippen LogP contribution in [0.25, 0.3) is 0 Å². The Bertz CT molecular complexity index is 329. The van der Waals surface area contributed by atoms with Crippen LogP contribution in [0.2, 0.25) is 0 Å². The van der Waals surface area contributed by atoms with E-state index in [1.165, 1.54) is 6.07 Å². The second-order valence-corrected chi connectivity index (χ2v) is 3.74. The lowest BCUT2D eigenvalue weighted by Gasteiger charge is -2.10. The van der Waals surface area contributed by atoms with Gasteiger partial charge in [-0.05, 0) is 37.0 Å². The first-order valence-corrected chi connectivity index (χ1v) is 5.24. The summed E-state index contributed by atoms with van der Waals surface area (Å²) in [5.74, 6) is -1.74. The van der Waals surface area contributed by atoms with Crippen LogP contribution in [0.5, 0.6) is 0 Å². The van der Waals surface area contributed by atoms with Gasteiger partial charge < -0.3 is 9.84 Å². The number of halogens is 2. The van der Waals surface area contributed by atoms with Gasteiger partial charge in [0.05, 0.1) is 6.10 Å². The van der Waals surface area contributed by atoms with Gasteiger partial charge in [-0.1, -0.05) is 6.07 Å². The van der Waals surface area contributed by atoms with Crippen molar-refractivity contribution in [1.29, 1.82) is 0 Å². The maximum Gasteiger partial charge on any atom is 0.159 e. The number of benzene rings is 1. The average Bonchev–Trinajstić information content (AvgIpc) is 2.24. The number of hydrogen-bond acceptors (Lipinski definition) is 2. The Kier molecular flexibility index (Phi) is 5.35. The summed E-state index contributed by atoms with van der Waals surface area (Å²) in [6, 6.07) is 3.68. The van der Waals surface area contributed by atoms with E-state index in [0.29, 0.717) is 25.0 Å². The molecule has 0 fully saturated rings. The van der Waals surface area contributed by atoms with Crippen molar-refractivity contribution in [2.45, 2.75) is 25.4 Å². The Hall–Kier alpha value is -1.00. The van der Waals surface area contributed by atoms with Crippen molar-refractivity contribution in [1.82, 2.24) is 0 Å². The zero-order chi connectivity index (χ0) is 12.0. The normalized spacial score (nSPS) is 12.8. The molecule has 1 N–H and O–H groups in total. The highest BCUT2D eigenvalue weighted by Crippen LogP contribution is 2.12. The maximum absolute atomic E-state index is 12.9. The van der Waals surface area contributed by atoms with Crippen molar-refractivity contribution >= 4 is 0 Å². The summed E-state index contributed by atoms with van der Waals surface area (Å²) in [5.41, 5.74) is 0.601. The van der Waals surface area contributed by atoms with Crippen LogP contribution in [0.4, 0.5) is 8.78 Å². The fourth-order valence-electron chi connectivity index (χ4n) is 1.50. The van der Waals surface area contributed by atoms with E-state index in [0.717, 1.165) is 18.6 Å². The average molecular weight is 230 g/mol. The van der Waals surface area contributed by atoms with Crippen molar-refractivity contribution in [2.75, 3.05) is 13.7 Å². The van der Waals surface area contributed by atoms with Crippen LogP contribution in [-0.4, -0.2) is 24.9 Å². The Morgan fingerprint density at radius 2 is 2.06 bits per heavy atom. The largest absolute Gasteiger partial charge is 0.393 e. The molecule has 90 valence electrons. The van der Waals surface area contributed by atoms with Crippen molar-refractivity contribution in [2.24, 2.45) is 0 Å². The molecule has 1 aromatic rings. The zero-order valence-electron chi connectivity index (χ0n) is 9.25. The van der Waals surface area contributed by atoms with Gasteiger partial charge in [-0.3, -0.25) is 0 Å². The predicted molar refractivity (Wildman–Crippen MR) is 57.2 cm³/mol. The van der Waals surface area contributed by atoms with Gasteiger partial charge in [0, 0.05) is 13.7 Å². The minimum atomic E-state index is -0.874. The third kappa shape index (κ3) is 4.24. The molecule has 0 bridgehead atoms. The highest BCUT2D eigenvalue weighted by molar-refractivity contribution is 5.18. The number of methoxy groups -OCH3 is 1. The Balaban J connectivity index is 2.43. The lowest BCUT2D eigenvalue weighted by molar-refractivity contribution is 0.135. The molecule has 0 aliphatic carbocycles. The first-order chi connectivity index (χ1) is 7.63. The summed E-state index contributed by atoms with van der Waals surface area (Å²) < 4.78 is 30.3. The summed E-state index contributed by atoms with van der Waals surface area (Å²) in [5, 5.41) is 9.62. The summed E-state index contributed by atoms with van der Waals surface area (Å²) >= 11 is 0.